The summed E-state index contributed by atoms with van der Waals surface area (Å²) in [6, 6.07) is 10.9. The number of hydrogen-bond donors (Lipinski definition) is 1. The molecule has 0 bridgehead atoms. The molecule has 0 aromatic heterocycles. The predicted octanol–water partition coefficient (Wildman–Crippen LogP) is 4.08. The Balaban J connectivity index is 2.29. The molecule has 3 nitrogen and oxygen atoms in total. The van der Waals surface area contributed by atoms with Gasteiger partial charge in [-0.05, 0) is 64.2 Å². The first-order valence-electron chi connectivity index (χ1n) is 7.90. The number of nitrogens with zero attached hydrogens (tertiary/aromatic N) is 1. The maximum atomic E-state index is 9.28. The van der Waals surface area contributed by atoms with E-state index >= 15 is 0 Å². The largest absolute Gasteiger partial charge is 0.494 e. The smallest absolute Gasteiger partial charge is 0.119 e. The van der Waals surface area contributed by atoms with Crippen molar-refractivity contribution in [2.75, 3.05) is 6.61 Å². The molecule has 0 fully saturated rings. The fraction of sp³-hybridized carbons (Fsp3) is 0.611. The zero-order chi connectivity index (χ0) is 15.7. The van der Waals surface area contributed by atoms with E-state index in [0.717, 1.165) is 31.4 Å². The van der Waals surface area contributed by atoms with E-state index in [4.69, 9.17) is 4.74 Å². The highest BCUT2D eigenvalue weighted by Crippen LogP contribution is 2.16. The van der Waals surface area contributed by atoms with Crippen molar-refractivity contribution in [2.24, 2.45) is 0 Å². The molecule has 1 rings (SSSR count). The van der Waals surface area contributed by atoms with Crippen LogP contribution in [0.1, 0.15) is 52.5 Å². The third-order valence-electron chi connectivity index (χ3n) is 3.50. The van der Waals surface area contributed by atoms with E-state index < -0.39 is 5.54 Å². The molecule has 1 aromatic carbocycles. The van der Waals surface area contributed by atoms with E-state index in [2.05, 4.69) is 44.3 Å². The molecule has 0 heterocycles. The van der Waals surface area contributed by atoms with E-state index in [1.54, 1.807) is 0 Å². The highest BCUT2D eigenvalue weighted by Gasteiger charge is 2.23. The first kappa shape index (κ1) is 17.5. The number of hydrogen-bond acceptors (Lipinski definition) is 3. The van der Waals surface area contributed by atoms with Crippen LogP contribution in [0.15, 0.2) is 24.3 Å². The summed E-state index contributed by atoms with van der Waals surface area (Å²) in [6.45, 7) is 8.96. The van der Waals surface area contributed by atoms with Crippen molar-refractivity contribution in [1.82, 2.24) is 5.32 Å². The molecular formula is C18H28N2O. The molecule has 21 heavy (non-hydrogen) atoms. The fourth-order valence-corrected chi connectivity index (χ4v) is 2.42. The Morgan fingerprint density at radius 2 is 2.10 bits per heavy atom. The average Bonchev–Trinajstić information content (AvgIpc) is 2.46. The molecule has 0 radical (unpaired) electrons. The lowest BCUT2D eigenvalue weighted by Crippen LogP contribution is -2.44. The van der Waals surface area contributed by atoms with Gasteiger partial charge in [-0.2, -0.15) is 5.26 Å². The van der Waals surface area contributed by atoms with Crippen LogP contribution in [0.25, 0.3) is 0 Å². The summed E-state index contributed by atoms with van der Waals surface area (Å²) in [5, 5.41) is 12.6. The molecule has 1 N–H and O–H groups in total. The zero-order valence-corrected chi connectivity index (χ0v) is 13.8. The molecule has 0 aliphatic heterocycles. The molecule has 116 valence electrons. The SMILES string of the molecule is CCc1cccc(OCCCCC(C)(C#N)NC(C)C)c1. The monoisotopic (exact) mass is 288 g/mol. The van der Waals surface area contributed by atoms with Gasteiger partial charge in [0.25, 0.3) is 0 Å². The fourth-order valence-electron chi connectivity index (χ4n) is 2.42. The number of aryl methyl sites for hydroxylation is 1. The Kier molecular flexibility index (Phi) is 7.25. The van der Waals surface area contributed by atoms with Gasteiger partial charge in [0.15, 0.2) is 0 Å². The third kappa shape index (κ3) is 6.64. The topological polar surface area (TPSA) is 45.0 Å². The van der Waals surface area contributed by atoms with Crippen LogP contribution in [0.3, 0.4) is 0 Å². The van der Waals surface area contributed by atoms with Gasteiger partial charge in [-0.15, -0.1) is 0 Å². The minimum absolute atomic E-state index is 0.322. The van der Waals surface area contributed by atoms with Gasteiger partial charge in [-0.1, -0.05) is 19.1 Å². The first-order valence-corrected chi connectivity index (χ1v) is 7.90. The molecule has 0 spiro atoms. The molecular weight excluding hydrogens is 260 g/mol. The third-order valence-corrected chi connectivity index (χ3v) is 3.50. The molecule has 0 amide bonds. The number of rotatable bonds is 9. The Morgan fingerprint density at radius 3 is 2.71 bits per heavy atom. The summed E-state index contributed by atoms with van der Waals surface area (Å²) in [6.07, 6.45) is 3.82. The first-order chi connectivity index (χ1) is 9.99. The van der Waals surface area contributed by atoms with Gasteiger partial charge in [0, 0.05) is 6.04 Å². The van der Waals surface area contributed by atoms with Crippen LogP contribution in [-0.2, 0) is 6.42 Å². The number of benzene rings is 1. The van der Waals surface area contributed by atoms with Gasteiger partial charge in [0.1, 0.15) is 11.3 Å². The van der Waals surface area contributed by atoms with Gasteiger partial charge in [0.05, 0.1) is 12.7 Å². The van der Waals surface area contributed by atoms with E-state index in [-0.39, 0.29) is 0 Å². The van der Waals surface area contributed by atoms with Crippen molar-refractivity contribution in [2.45, 2.75) is 65.0 Å². The highest BCUT2D eigenvalue weighted by molar-refractivity contribution is 5.28. The lowest BCUT2D eigenvalue weighted by molar-refractivity contribution is 0.292. The number of unbranched alkanes of at least 4 members (excludes halogenated alkanes) is 1. The second-order valence-corrected chi connectivity index (χ2v) is 6.05. The maximum Gasteiger partial charge on any atom is 0.119 e. The van der Waals surface area contributed by atoms with Gasteiger partial charge < -0.3 is 4.74 Å². The summed E-state index contributed by atoms with van der Waals surface area (Å²) in [7, 11) is 0. The summed E-state index contributed by atoms with van der Waals surface area (Å²) in [5.41, 5.74) is 0.863. The Bertz CT molecular complexity index is 465. The summed E-state index contributed by atoms with van der Waals surface area (Å²) < 4.78 is 5.77. The van der Waals surface area contributed by atoms with Crippen molar-refractivity contribution >= 4 is 0 Å². The summed E-state index contributed by atoms with van der Waals surface area (Å²) in [5.74, 6) is 0.942. The predicted molar refractivity (Wildman–Crippen MR) is 87.5 cm³/mol. The molecule has 0 saturated carbocycles. The minimum atomic E-state index is -0.434. The van der Waals surface area contributed by atoms with Crippen molar-refractivity contribution in [3.05, 3.63) is 29.8 Å². The maximum absolute atomic E-state index is 9.28. The molecule has 3 heteroatoms. The molecule has 1 atom stereocenters. The molecule has 1 aromatic rings. The molecule has 0 aliphatic rings. The Morgan fingerprint density at radius 1 is 1.33 bits per heavy atom. The second-order valence-electron chi connectivity index (χ2n) is 6.05. The van der Waals surface area contributed by atoms with Crippen LogP contribution < -0.4 is 10.1 Å². The lowest BCUT2D eigenvalue weighted by atomic mass is 9.96. The van der Waals surface area contributed by atoms with Crippen molar-refractivity contribution in [3.8, 4) is 11.8 Å². The van der Waals surface area contributed by atoms with Crippen LogP contribution in [0.2, 0.25) is 0 Å². The van der Waals surface area contributed by atoms with Crippen LogP contribution in [0.5, 0.6) is 5.75 Å². The van der Waals surface area contributed by atoms with Crippen molar-refractivity contribution in [3.63, 3.8) is 0 Å². The van der Waals surface area contributed by atoms with Crippen molar-refractivity contribution in [1.29, 1.82) is 5.26 Å². The highest BCUT2D eigenvalue weighted by atomic mass is 16.5. The van der Waals surface area contributed by atoms with E-state index in [0.29, 0.717) is 12.6 Å². The molecule has 0 saturated heterocycles. The average molecular weight is 288 g/mol. The normalized spacial score (nSPS) is 13.7. The van der Waals surface area contributed by atoms with Gasteiger partial charge >= 0.3 is 0 Å². The van der Waals surface area contributed by atoms with Gasteiger partial charge in [0.2, 0.25) is 0 Å². The summed E-state index contributed by atoms with van der Waals surface area (Å²) in [4.78, 5) is 0. The number of ether oxygens (including phenoxy) is 1. The van der Waals surface area contributed by atoms with Crippen molar-refractivity contribution < 1.29 is 4.74 Å². The molecule has 0 aliphatic carbocycles. The zero-order valence-electron chi connectivity index (χ0n) is 13.8. The van der Waals surface area contributed by atoms with E-state index in [9.17, 15) is 5.26 Å². The summed E-state index contributed by atoms with van der Waals surface area (Å²) >= 11 is 0. The Labute approximate surface area is 129 Å². The van der Waals surface area contributed by atoms with Crippen LogP contribution in [0.4, 0.5) is 0 Å². The van der Waals surface area contributed by atoms with Crippen LogP contribution in [0, 0.1) is 11.3 Å². The number of nitrogens with one attached hydrogen (secondary N) is 1. The molecule has 1 unspecified atom stereocenters. The van der Waals surface area contributed by atoms with Crippen LogP contribution >= 0.6 is 0 Å². The van der Waals surface area contributed by atoms with Gasteiger partial charge in [-0.25, -0.2) is 0 Å². The number of nitriles is 1. The van der Waals surface area contributed by atoms with Gasteiger partial charge in [-0.3, -0.25) is 5.32 Å². The van der Waals surface area contributed by atoms with E-state index in [1.807, 2.05) is 19.1 Å². The van der Waals surface area contributed by atoms with E-state index in [1.165, 1.54) is 5.56 Å². The van der Waals surface area contributed by atoms with Crippen LogP contribution in [-0.4, -0.2) is 18.2 Å². The Hall–Kier alpha value is -1.53. The standard InChI is InChI=1S/C18H28N2O/c1-5-16-9-8-10-17(13-16)21-12-7-6-11-18(4,14-19)20-15(2)3/h8-10,13,15,20H,5-7,11-12H2,1-4H3. The second kappa shape index (κ2) is 8.69. The lowest BCUT2D eigenvalue weighted by Gasteiger charge is -2.25. The quantitative estimate of drug-likeness (QED) is 0.696. The minimum Gasteiger partial charge on any atom is -0.494 e.